The maximum Gasteiger partial charge on any atom is 0.408 e. The van der Waals surface area contributed by atoms with Crippen LogP contribution in [0.4, 0.5) is 4.79 Å². The maximum atomic E-state index is 13.6. The van der Waals surface area contributed by atoms with Gasteiger partial charge in [0, 0.05) is 24.6 Å². The highest BCUT2D eigenvalue weighted by Crippen LogP contribution is 2.19. The first-order valence-corrected chi connectivity index (χ1v) is 15.7. The van der Waals surface area contributed by atoms with E-state index < -0.39 is 59.5 Å². The lowest BCUT2D eigenvalue weighted by Gasteiger charge is -2.29. The lowest BCUT2D eigenvalue weighted by molar-refractivity contribution is -0.160. The van der Waals surface area contributed by atoms with Gasteiger partial charge in [-0.25, -0.2) is 9.59 Å². The van der Waals surface area contributed by atoms with E-state index in [0.717, 1.165) is 5.56 Å². The van der Waals surface area contributed by atoms with Crippen molar-refractivity contribution in [2.24, 2.45) is 11.3 Å². The van der Waals surface area contributed by atoms with Gasteiger partial charge in [0.15, 0.2) is 0 Å². The number of ether oxygens (including phenoxy) is 3. The third-order valence-corrected chi connectivity index (χ3v) is 7.13. The second-order valence-electron chi connectivity index (χ2n) is 12.1. The molecule has 0 radical (unpaired) electrons. The smallest absolute Gasteiger partial charge is 0.408 e. The standard InChI is InChI=1S/C33H48N4O9/c1-7-12-25(29(40)35-24(15-16-26(38)44-8-2)19-23-17-18-34-28(23)39)36-30(41)27(21(3)46-31(42)33(4,5)6)37-32(43)45-20-22-13-10-9-11-14-22/h9-11,13-16,21,23-25,27H,7-8,12,17-20H2,1-6H3,(H,34,39)(H,35,40)(H,36,41)(H,37,43)/b16-15+/t21?,23-,24+,25-,27-/m0/s1. The van der Waals surface area contributed by atoms with Crippen molar-refractivity contribution < 1.29 is 43.0 Å². The van der Waals surface area contributed by atoms with Crippen LogP contribution in [0.5, 0.6) is 0 Å². The molecule has 1 aliphatic heterocycles. The molecule has 5 atom stereocenters. The van der Waals surface area contributed by atoms with Gasteiger partial charge in [0.25, 0.3) is 0 Å². The number of hydrogen-bond donors (Lipinski definition) is 4. The zero-order valence-electron chi connectivity index (χ0n) is 27.6. The molecule has 1 aliphatic rings. The molecule has 0 aromatic heterocycles. The van der Waals surface area contributed by atoms with Crippen molar-refractivity contribution in [3.05, 3.63) is 48.0 Å². The summed E-state index contributed by atoms with van der Waals surface area (Å²) in [5.74, 6) is -3.03. The van der Waals surface area contributed by atoms with E-state index in [9.17, 15) is 28.8 Å². The Kier molecular flexibility index (Phi) is 15.2. The lowest BCUT2D eigenvalue weighted by Crippen LogP contribution is -2.58. The van der Waals surface area contributed by atoms with Gasteiger partial charge in [-0.15, -0.1) is 0 Å². The van der Waals surface area contributed by atoms with E-state index in [2.05, 4.69) is 21.3 Å². The predicted molar refractivity (Wildman–Crippen MR) is 169 cm³/mol. The second kappa shape index (κ2) is 18.5. The molecule has 1 heterocycles. The van der Waals surface area contributed by atoms with Crippen LogP contribution in [0.25, 0.3) is 0 Å². The molecule has 1 unspecified atom stereocenters. The minimum atomic E-state index is -1.40. The van der Waals surface area contributed by atoms with Crippen LogP contribution in [0.2, 0.25) is 0 Å². The van der Waals surface area contributed by atoms with Crippen LogP contribution < -0.4 is 21.3 Å². The van der Waals surface area contributed by atoms with Gasteiger partial charge >= 0.3 is 18.0 Å². The molecule has 254 valence electrons. The monoisotopic (exact) mass is 644 g/mol. The maximum absolute atomic E-state index is 13.6. The van der Waals surface area contributed by atoms with Crippen LogP contribution in [-0.2, 0) is 44.8 Å². The van der Waals surface area contributed by atoms with Crippen LogP contribution >= 0.6 is 0 Å². The molecule has 2 rings (SSSR count). The highest BCUT2D eigenvalue weighted by molar-refractivity contribution is 5.92. The minimum Gasteiger partial charge on any atom is -0.463 e. The Morgan fingerprint density at radius 3 is 2.28 bits per heavy atom. The van der Waals surface area contributed by atoms with E-state index in [1.165, 1.54) is 19.1 Å². The highest BCUT2D eigenvalue weighted by atomic mass is 16.6. The first kappa shape index (κ1) is 37.8. The topological polar surface area (TPSA) is 178 Å². The van der Waals surface area contributed by atoms with Gasteiger partial charge in [0.05, 0.1) is 12.0 Å². The van der Waals surface area contributed by atoms with E-state index in [4.69, 9.17) is 14.2 Å². The normalized spacial score (nSPS) is 17.2. The molecular formula is C33H48N4O9. The Bertz CT molecular complexity index is 1230. The summed E-state index contributed by atoms with van der Waals surface area (Å²) < 4.78 is 15.8. The number of carbonyl (C=O) groups is 6. The molecule has 1 aromatic carbocycles. The number of alkyl carbamates (subject to hydrolysis) is 1. The van der Waals surface area contributed by atoms with Crippen molar-refractivity contribution in [2.75, 3.05) is 13.2 Å². The van der Waals surface area contributed by atoms with Crippen molar-refractivity contribution in [3.8, 4) is 0 Å². The van der Waals surface area contributed by atoms with Crippen molar-refractivity contribution in [1.29, 1.82) is 0 Å². The van der Waals surface area contributed by atoms with Crippen molar-refractivity contribution in [2.45, 2.75) is 98.1 Å². The summed E-state index contributed by atoms with van der Waals surface area (Å²) >= 11 is 0. The van der Waals surface area contributed by atoms with Gasteiger partial charge in [0.2, 0.25) is 17.7 Å². The average Bonchev–Trinajstić information content (AvgIpc) is 3.41. The molecule has 0 bridgehead atoms. The number of benzene rings is 1. The van der Waals surface area contributed by atoms with Crippen molar-refractivity contribution in [3.63, 3.8) is 0 Å². The molecule has 1 saturated heterocycles. The third-order valence-electron chi connectivity index (χ3n) is 7.13. The minimum absolute atomic E-state index is 0.0578. The molecule has 4 amide bonds. The molecule has 0 spiro atoms. The van der Waals surface area contributed by atoms with Crippen LogP contribution in [0.3, 0.4) is 0 Å². The average molecular weight is 645 g/mol. The Morgan fingerprint density at radius 1 is 1.00 bits per heavy atom. The number of esters is 2. The molecule has 46 heavy (non-hydrogen) atoms. The van der Waals surface area contributed by atoms with Gasteiger partial charge in [-0.1, -0.05) is 49.8 Å². The van der Waals surface area contributed by atoms with E-state index in [1.54, 1.807) is 52.0 Å². The third kappa shape index (κ3) is 12.9. The van der Waals surface area contributed by atoms with Crippen LogP contribution in [0.15, 0.2) is 42.5 Å². The molecule has 13 nitrogen and oxygen atoms in total. The van der Waals surface area contributed by atoms with Crippen molar-refractivity contribution in [1.82, 2.24) is 21.3 Å². The van der Waals surface area contributed by atoms with Crippen LogP contribution in [-0.4, -0.2) is 73.1 Å². The second-order valence-corrected chi connectivity index (χ2v) is 12.1. The van der Waals surface area contributed by atoms with Gasteiger partial charge < -0.3 is 35.5 Å². The molecular weight excluding hydrogens is 596 g/mol. The Labute approximate surface area is 270 Å². The van der Waals surface area contributed by atoms with Crippen LogP contribution in [0.1, 0.15) is 72.8 Å². The van der Waals surface area contributed by atoms with E-state index in [-0.39, 0.29) is 37.9 Å². The van der Waals surface area contributed by atoms with E-state index >= 15 is 0 Å². The molecule has 0 saturated carbocycles. The highest BCUT2D eigenvalue weighted by Gasteiger charge is 2.36. The first-order chi connectivity index (χ1) is 21.7. The zero-order chi connectivity index (χ0) is 34.3. The van der Waals surface area contributed by atoms with Gasteiger partial charge in [0.1, 0.15) is 24.8 Å². The largest absolute Gasteiger partial charge is 0.463 e. The quantitative estimate of drug-likeness (QED) is 0.120. The number of carbonyl (C=O) groups excluding carboxylic acids is 6. The van der Waals surface area contributed by atoms with Crippen molar-refractivity contribution >= 4 is 35.8 Å². The Morgan fingerprint density at radius 2 is 1.70 bits per heavy atom. The predicted octanol–water partition coefficient (Wildman–Crippen LogP) is 2.67. The summed E-state index contributed by atoms with van der Waals surface area (Å²) in [5, 5.41) is 10.7. The number of rotatable bonds is 16. The van der Waals surface area contributed by atoms with Gasteiger partial charge in [-0.05, 0) is 59.4 Å². The fourth-order valence-corrected chi connectivity index (χ4v) is 4.55. The first-order valence-electron chi connectivity index (χ1n) is 15.7. The molecule has 13 heteroatoms. The summed E-state index contributed by atoms with van der Waals surface area (Å²) in [6, 6.07) is 5.78. The molecule has 4 N–H and O–H groups in total. The number of amides is 4. The molecule has 1 fully saturated rings. The Hall–Kier alpha value is -4.42. The summed E-state index contributed by atoms with van der Waals surface area (Å²) in [6.07, 6.45) is 2.18. The fraction of sp³-hybridized carbons (Fsp3) is 0.576. The van der Waals surface area contributed by atoms with Gasteiger partial charge in [-0.2, -0.15) is 0 Å². The SMILES string of the molecule is CCC[C@H](NC(=O)[C@@H](NC(=O)OCc1ccccc1)C(C)OC(=O)C(C)(C)C)C(=O)N[C@H](/C=C/C(=O)OCC)C[C@@H]1CCNC1=O. The molecule has 1 aromatic rings. The summed E-state index contributed by atoms with van der Waals surface area (Å²) in [4.78, 5) is 76.7. The van der Waals surface area contributed by atoms with E-state index in [0.29, 0.717) is 19.4 Å². The van der Waals surface area contributed by atoms with Crippen LogP contribution in [0, 0.1) is 11.3 Å². The summed E-state index contributed by atoms with van der Waals surface area (Å²) in [7, 11) is 0. The summed E-state index contributed by atoms with van der Waals surface area (Å²) in [5.41, 5.74) is -0.150. The van der Waals surface area contributed by atoms with E-state index in [1.807, 2.05) is 13.0 Å². The fourth-order valence-electron chi connectivity index (χ4n) is 4.55. The number of hydrogen-bond acceptors (Lipinski definition) is 9. The molecule has 0 aliphatic carbocycles. The zero-order valence-corrected chi connectivity index (χ0v) is 27.6. The lowest BCUT2D eigenvalue weighted by atomic mass is 9.97. The van der Waals surface area contributed by atoms with Gasteiger partial charge in [-0.3, -0.25) is 19.2 Å². The summed E-state index contributed by atoms with van der Waals surface area (Å²) in [6.45, 7) is 10.6. The Balaban J connectivity index is 2.22. The number of nitrogens with one attached hydrogen (secondary N) is 4.